The van der Waals surface area contributed by atoms with Gasteiger partial charge >= 0.3 is 11.9 Å². The Bertz CT molecular complexity index is 1170. The fourth-order valence-electron chi connectivity index (χ4n) is 7.10. The molecule has 0 aromatic carbocycles. The monoisotopic (exact) mass is 837 g/mol. The molecule has 0 saturated carbocycles. The lowest BCUT2D eigenvalue weighted by Gasteiger charge is -2.18. The molecule has 60 heavy (non-hydrogen) atoms. The van der Waals surface area contributed by atoms with Crippen molar-refractivity contribution < 1.29 is 24.2 Å². The number of allylic oxidation sites excluding steroid dienone is 12. The number of esters is 1. The molecule has 0 rings (SSSR count). The smallest absolute Gasteiger partial charge is 0.326 e. The predicted molar refractivity (Wildman–Crippen MR) is 257 cm³/mol. The zero-order valence-corrected chi connectivity index (χ0v) is 38.8. The van der Waals surface area contributed by atoms with Gasteiger partial charge in [-0.15, -0.1) is 0 Å². The summed E-state index contributed by atoms with van der Waals surface area (Å²) < 4.78 is 6.06. The van der Waals surface area contributed by atoms with E-state index >= 15 is 0 Å². The highest BCUT2D eigenvalue weighted by atomic mass is 16.5. The van der Waals surface area contributed by atoms with Crippen LogP contribution >= 0.6 is 0 Å². The molecule has 344 valence electrons. The normalized spacial score (nSPS) is 13.2. The van der Waals surface area contributed by atoms with E-state index in [4.69, 9.17) is 10.5 Å². The molecule has 0 aliphatic heterocycles. The van der Waals surface area contributed by atoms with Crippen LogP contribution in [0, 0.1) is 0 Å². The van der Waals surface area contributed by atoms with E-state index in [0.717, 1.165) is 109 Å². The lowest BCUT2D eigenvalue weighted by Crippen LogP contribution is -2.40. The number of carboxylic acid groups (broad SMARTS) is 1. The van der Waals surface area contributed by atoms with Crippen LogP contribution in [0.15, 0.2) is 72.9 Å². The number of amides is 1. The van der Waals surface area contributed by atoms with Crippen molar-refractivity contribution in [2.45, 2.75) is 238 Å². The van der Waals surface area contributed by atoms with Crippen LogP contribution in [0.3, 0.4) is 0 Å². The van der Waals surface area contributed by atoms with Crippen LogP contribution in [0.2, 0.25) is 0 Å². The Balaban J connectivity index is 4.38. The quantitative estimate of drug-likeness (QED) is 0.0319. The summed E-state index contributed by atoms with van der Waals surface area (Å²) in [5.41, 5.74) is 5.50. The fourth-order valence-corrected chi connectivity index (χ4v) is 7.10. The highest BCUT2D eigenvalue weighted by Crippen LogP contribution is 2.19. The number of ether oxygens (including phenoxy) is 1. The Hall–Kier alpha value is -3.19. The average molecular weight is 837 g/mol. The van der Waals surface area contributed by atoms with Crippen molar-refractivity contribution in [1.82, 2.24) is 5.32 Å². The van der Waals surface area contributed by atoms with Crippen LogP contribution in [0.5, 0.6) is 0 Å². The van der Waals surface area contributed by atoms with E-state index in [2.05, 4.69) is 92.1 Å². The number of hydrogen-bond donors (Lipinski definition) is 3. The first-order valence-corrected chi connectivity index (χ1v) is 24.8. The molecule has 1 amide bonds. The molecule has 4 N–H and O–H groups in total. The second kappa shape index (κ2) is 46.9. The van der Waals surface area contributed by atoms with Gasteiger partial charge < -0.3 is 20.9 Å². The molecule has 7 nitrogen and oxygen atoms in total. The standard InChI is InChI=1S/C53H92N2O5/c1-3-5-7-9-11-13-15-17-18-19-20-21-22-23-24-26-28-30-32-37-41-47-52(57)60-49(43-38-34-31-29-27-25-16-14-12-10-8-6-4-2)44-39-35-33-36-40-46-51(56)55-50(53(58)59)45-42-48-54/h5,7,11,13,17-18,20-21,23-24,28,30,49-50H,3-4,6,8-10,12,14-16,19,22,25-27,29,31-48,54H2,1-2H3,(H,55,56)(H,58,59)/b7-5-,13-11-,18-17-,21-20-,24-23-,30-28-. The molecular formula is C53H92N2O5. The third-order valence-corrected chi connectivity index (χ3v) is 10.8. The first-order chi connectivity index (χ1) is 29.4. The van der Waals surface area contributed by atoms with Gasteiger partial charge in [-0.05, 0) is 109 Å². The topological polar surface area (TPSA) is 119 Å². The summed E-state index contributed by atoms with van der Waals surface area (Å²) in [6.07, 6.45) is 60.9. The Morgan fingerprint density at radius 1 is 0.500 bits per heavy atom. The van der Waals surface area contributed by atoms with Gasteiger partial charge in [0.1, 0.15) is 12.1 Å². The van der Waals surface area contributed by atoms with E-state index in [1.165, 1.54) is 77.0 Å². The van der Waals surface area contributed by atoms with Crippen LogP contribution < -0.4 is 11.1 Å². The average Bonchev–Trinajstić information content (AvgIpc) is 3.23. The van der Waals surface area contributed by atoms with Crippen LogP contribution in [0.1, 0.15) is 226 Å². The van der Waals surface area contributed by atoms with Gasteiger partial charge in [0.15, 0.2) is 0 Å². The highest BCUT2D eigenvalue weighted by Gasteiger charge is 2.19. The van der Waals surface area contributed by atoms with Crippen molar-refractivity contribution in [3.8, 4) is 0 Å². The van der Waals surface area contributed by atoms with Gasteiger partial charge in [0.25, 0.3) is 0 Å². The van der Waals surface area contributed by atoms with Crippen molar-refractivity contribution in [2.75, 3.05) is 6.54 Å². The number of nitrogens with one attached hydrogen (secondary N) is 1. The minimum Gasteiger partial charge on any atom is -0.480 e. The minimum absolute atomic E-state index is 0.0131. The zero-order valence-electron chi connectivity index (χ0n) is 38.8. The number of aliphatic carboxylic acids is 1. The first-order valence-electron chi connectivity index (χ1n) is 24.8. The number of carbonyl (C=O) groups excluding carboxylic acids is 2. The van der Waals surface area contributed by atoms with E-state index in [1.54, 1.807) is 0 Å². The van der Waals surface area contributed by atoms with E-state index in [9.17, 15) is 19.5 Å². The number of unbranched alkanes of at least 4 members (excludes halogenated alkanes) is 18. The number of rotatable bonds is 44. The highest BCUT2D eigenvalue weighted by molar-refractivity contribution is 5.83. The maximum absolute atomic E-state index is 12.9. The summed E-state index contributed by atoms with van der Waals surface area (Å²) in [5.74, 6) is -1.28. The molecule has 0 spiro atoms. The molecule has 0 radical (unpaired) electrons. The Morgan fingerprint density at radius 2 is 0.917 bits per heavy atom. The van der Waals surface area contributed by atoms with Crippen LogP contribution in [0.4, 0.5) is 0 Å². The maximum Gasteiger partial charge on any atom is 0.326 e. The molecule has 0 aromatic rings. The van der Waals surface area contributed by atoms with Crippen LogP contribution in [0.25, 0.3) is 0 Å². The van der Waals surface area contributed by atoms with Crippen LogP contribution in [-0.2, 0) is 19.1 Å². The third kappa shape index (κ3) is 42.9. The summed E-state index contributed by atoms with van der Waals surface area (Å²) >= 11 is 0. The fraction of sp³-hybridized carbons (Fsp3) is 0.717. The molecule has 2 unspecified atom stereocenters. The van der Waals surface area contributed by atoms with Crippen molar-refractivity contribution >= 4 is 17.8 Å². The van der Waals surface area contributed by atoms with Crippen molar-refractivity contribution in [2.24, 2.45) is 5.73 Å². The summed E-state index contributed by atoms with van der Waals surface area (Å²) in [6, 6.07) is -0.863. The lowest BCUT2D eigenvalue weighted by molar-refractivity contribution is -0.150. The first kappa shape index (κ1) is 56.8. The number of carboxylic acids is 1. The number of nitrogens with two attached hydrogens (primary N) is 1. The second-order valence-corrected chi connectivity index (χ2v) is 16.5. The minimum atomic E-state index is -1.01. The second-order valence-electron chi connectivity index (χ2n) is 16.5. The predicted octanol–water partition coefficient (Wildman–Crippen LogP) is 14.7. The van der Waals surface area contributed by atoms with Gasteiger partial charge in [-0.2, -0.15) is 0 Å². The Kier molecular flexibility index (Phi) is 44.4. The molecule has 0 aliphatic rings. The van der Waals surface area contributed by atoms with E-state index in [-0.39, 0.29) is 18.0 Å². The van der Waals surface area contributed by atoms with Gasteiger partial charge in [0, 0.05) is 12.8 Å². The van der Waals surface area contributed by atoms with Gasteiger partial charge in [0.05, 0.1) is 0 Å². The molecule has 0 saturated heterocycles. The molecule has 0 aromatic heterocycles. The Morgan fingerprint density at radius 3 is 1.37 bits per heavy atom. The zero-order chi connectivity index (χ0) is 43.8. The van der Waals surface area contributed by atoms with Crippen molar-refractivity contribution in [3.05, 3.63) is 72.9 Å². The summed E-state index contributed by atoms with van der Waals surface area (Å²) in [4.78, 5) is 36.5. The van der Waals surface area contributed by atoms with Gasteiger partial charge in [-0.3, -0.25) is 9.59 Å². The molecule has 7 heteroatoms. The molecular weight excluding hydrogens is 745 g/mol. The van der Waals surface area contributed by atoms with E-state index in [0.29, 0.717) is 32.2 Å². The molecule has 0 fully saturated rings. The van der Waals surface area contributed by atoms with E-state index in [1.807, 2.05) is 0 Å². The molecule has 0 bridgehead atoms. The van der Waals surface area contributed by atoms with Gasteiger partial charge in [-0.25, -0.2) is 4.79 Å². The SMILES string of the molecule is CC/C=C\C/C=C\C/C=C\C/C=C\C/C=C\C/C=C\CCCCC(=O)OC(CCCCCCCCCCCCCCC)CCCCCCCC(=O)NC(CCCN)C(=O)O. The van der Waals surface area contributed by atoms with Gasteiger partial charge in [-0.1, -0.05) is 183 Å². The molecule has 2 atom stereocenters. The van der Waals surface area contributed by atoms with Crippen molar-refractivity contribution in [1.29, 1.82) is 0 Å². The summed E-state index contributed by atoms with van der Waals surface area (Å²) in [7, 11) is 0. The maximum atomic E-state index is 12.9. The third-order valence-electron chi connectivity index (χ3n) is 10.8. The summed E-state index contributed by atoms with van der Waals surface area (Å²) in [5, 5.41) is 12.0. The Labute approximate surface area is 369 Å². The van der Waals surface area contributed by atoms with Gasteiger partial charge in [0.2, 0.25) is 5.91 Å². The molecule has 0 heterocycles. The number of hydrogen-bond acceptors (Lipinski definition) is 5. The van der Waals surface area contributed by atoms with E-state index < -0.39 is 12.0 Å². The summed E-state index contributed by atoms with van der Waals surface area (Å²) in [6.45, 7) is 4.84. The molecule has 0 aliphatic carbocycles. The lowest BCUT2D eigenvalue weighted by atomic mass is 10.0. The van der Waals surface area contributed by atoms with Crippen LogP contribution in [-0.4, -0.2) is 41.6 Å². The van der Waals surface area contributed by atoms with Crippen molar-refractivity contribution in [3.63, 3.8) is 0 Å². The number of carbonyl (C=O) groups is 3. The largest absolute Gasteiger partial charge is 0.480 e.